The van der Waals surface area contributed by atoms with Crippen LogP contribution in [0.3, 0.4) is 0 Å². The van der Waals surface area contributed by atoms with E-state index in [2.05, 4.69) is 5.32 Å². The lowest BCUT2D eigenvalue weighted by molar-refractivity contribution is -0.146. The van der Waals surface area contributed by atoms with E-state index in [1.165, 1.54) is 0 Å². The van der Waals surface area contributed by atoms with E-state index in [0.717, 1.165) is 6.42 Å². The number of carbonyl (C=O) groups is 2. The number of rotatable bonds is 4. The van der Waals surface area contributed by atoms with E-state index in [0.29, 0.717) is 18.6 Å². The van der Waals surface area contributed by atoms with Crippen molar-refractivity contribution in [2.45, 2.75) is 32.2 Å². The van der Waals surface area contributed by atoms with Gasteiger partial charge < -0.3 is 14.8 Å². The molecule has 1 aliphatic carbocycles. The van der Waals surface area contributed by atoms with Gasteiger partial charge in [-0.1, -0.05) is 6.42 Å². The van der Waals surface area contributed by atoms with Crippen molar-refractivity contribution >= 4 is 11.9 Å². The molecule has 0 aromatic carbocycles. The van der Waals surface area contributed by atoms with Crippen molar-refractivity contribution in [3.05, 3.63) is 24.2 Å². The highest BCUT2D eigenvalue weighted by Crippen LogP contribution is 2.32. The Hall–Kier alpha value is -1.78. The standard InChI is InChI=1S/C13H17NO4/c1-8(11-6-3-7-18-11)14-12(15)9-4-2-5-10(9)13(16)17/h3,6-10H,2,4-5H2,1H3,(H,14,15)(H,16,17). The summed E-state index contributed by atoms with van der Waals surface area (Å²) in [6.07, 6.45) is 3.58. The number of amides is 1. The fourth-order valence-electron chi connectivity index (χ4n) is 2.50. The second-order valence-electron chi connectivity index (χ2n) is 4.73. The minimum atomic E-state index is -0.877. The second kappa shape index (κ2) is 5.25. The van der Waals surface area contributed by atoms with E-state index >= 15 is 0 Å². The molecule has 0 radical (unpaired) electrons. The highest BCUT2D eigenvalue weighted by atomic mass is 16.4. The normalized spacial score (nSPS) is 24.7. The van der Waals surface area contributed by atoms with E-state index in [4.69, 9.17) is 9.52 Å². The van der Waals surface area contributed by atoms with Crippen LogP contribution < -0.4 is 5.32 Å². The van der Waals surface area contributed by atoms with Gasteiger partial charge in [-0.25, -0.2) is 0 Å². The number of carbonyl (C=O) groups excluding carboxylic acids is 1. The van der Waals surface area contributed by atoms with Gasteiger partial charge in [0.25, 0.3) is 0 Å². The van der Waals surface area contributed by atoms with Crippen LogP contribution in [0.5, 0.6) is 0 Å². The summed E-state index contributed by atoms with van der Waals surface area (Å²) in [4.78, 5) is 23.1. The molecule has 1 saturated carbocycles. The molecule has 5 heteroatoms. The highest BCUT2D eigenvalue weighted by molar-refractivity contribution is 5.85. The Morgan fingerprint density at radius 1 is 1.44 bits per heavy atom. The van der Waals surface area contributed by atoms with Crippen LogP contribution in [0.1, 0.15) is 38.0 Å². The molecule has 3 atom stereocenters. The van der Waals surface area contributed by atoms with Crippen molar-refractivity contribution in [3.63, 3.8) is 0 Å². The molecule has 0 aliphatic heterocycles. The number of carboxylic acids is 1. The minimum absolute atomic E-state index is 0.191. The number of hydrogen-bond acceptors (Lipinski definition) is 3. The summed E-state index contributed by atoms with van der Waals surface area (Å²) < 4.78 is 5.20. The average molecular weight is 251 g/mol. The van der Waals surface area contributed by atoms with E-state index in [-0.39, 0.29) is 11.9 Å². The number of hydrogen-bond donors (Lipinski definition) is 2. The van der Waals surface area contributed by atoms with Gasteiger partial charge in [0.15, 0.2) is 0 Å². The molecule has 18 heavy (non-hydrogen) atoms. The Morgan fingerprint density at radius 2 is 2.17 bits per heavy atom. The monoisotopic (exact) mass is 251 g/mol. The summed E-state index contributed by atoms with van der Waals surface area (Å²) in [6, 6.07) is 3.31. The van der Waals surface area contributed by atoms with Gasteiger partial charge in [-0.2, -0.15) is 0 Å². The van der Waals surface area contributed by atoms with Crippen LogP contribution >= 0.6 is 0 Å². The molecule has 0 saturated heterocycles. The highest BCUT2D eigenvalue weighted by Gasteiger charge is 2.38. The average Bonchev–Trinajstić information content (AvgIpc) is 3.00. The Bertz CT molecular complexity index is 426. The second-order valence-corrected chi connectivity index (χ2v) is 4.73. The number of nitrogens with one attached hydrogen (secondary N) is 1. The maximum absolute atomic E-state index is 12.0. The molecule has 2 N–H and O–H groups in total. The lowest BCUT2D eigenvalue weighted by Crippen LogP contribution is -2.36. The van der Waals surface area contributed by atoms with Crippen LogP contribution in [0.4, 0.5) is 0 Å². The first-order chi connectivity index (χ1) is 8.59. The van der Waals surface area contributed by atoms with Crippen LogP contribution in [0.15, 0.2) is 22.8 Å². The van der Waals surface area contributed by atoms with Crippen LogP contribution in [0.2, 0.25) is 0 Å². The molecule has 1 aromatic heterocycles. The summed E-state index contributed by atoms with van der Waals surface area (Å²) in [6.45, 7) is 1.82. The molecule has 98 valence electrons. The molecule has 1 aliphatic rings. The fraction of sp³-hybridized carbons (Fsp3) is 0.538. The lowest BCUT2D eigenvalue weighted by Gasteiger charge is -2.18. The summed E-state index contributed by atoms with van der Waals surface area (Å²) in [5, 5.41) is 11.9. The molecular formula is C13H17NO4. The first-order valence-corrected chi connectivity index (χ1v) is 6.16. The largest absolute Gasteiger partial charge is 0.481 e. The van der Waals surface area contributed by atoms with E-state index in [1.807, 2.05) is 6.92 Å². The van der Waals surface area contributed by atoms with Gasteiger partial charge in [0.05, 0.1) is 24.1 Å². The number of furan rings is 1. The molecule has 1 aromatic rings. The van der Waals surface area contributed by atoms with E-state index in [9.17, 15) is 9.59 Å². The van der Waals surface area contributed by atoms with Gasteiger partial charge in [-0.15, -0.1) is 0 Å². The van der Waals surface area contributed by atoms with Crippen LogP contribution in [-0.2, 0) is 9.59 Å². The zero-order chi connectivity index (χ0) is 13.1. The van der Waals surface area contributed by atoms with Crippen molar-refractivity contribution in [2.24, 2.45) is 11.8 Å². The van der Waals surface area contributed by atoms with E-state index < -0.39 is 17.8 Å². The Labute approximate surface area is 105 Å². The number of aliphatic carboxylic acids is 1. The smallest absolute Gasteiger partial charge is 0.307 e. The van der Waals surface area contributed by atoms with Crippen molar-refractivity contribution in [1.29, 1.82) is 0 Å². The van der Waals surface area contributed by atoms with Gasteiger partial charge in [-0.05, 0) is 31.9 Å². The predicted octanol–water partition coefficient (Wildman–Crippen LogP) is 1.96. The SMILES string of the molecule is CC(NC(=O)C1CCCC1C(=O)O)c1ccco1. The van der Waals surface area contributed by atoms with Gasteiger partial charge in [0.2, 0.25) is 5.91 Å². The maximum Gasteiger partial charge on any atom is 0.307 e. The molecular weight excluding hydrogens is 234 g/mol. The molecule has 1 fully saturated rings. The molecule has 0 spiro atoms. The Kier molecular flexibility index (Phi) is 3.69. The maximum atomic E-state index is 12.0. The Balaban J connectivity index is 1.97. The minimum Gasteiger partial charge on any atom is -0.481 e. The van der Waals surface area contributed by atoms with Crippen molar-refractivity contribution < 1.29 is 19.1 Å². The first-order valence-electron chi connectivity index (χ1n) is 6.16. The summed E-state index contributed by atoms with van der Waals surface area (Å²) in [5.74, 6) is -1.36. The van der Waals surface area contributed by atoms with Crippen LogP contribution in [-0.4, -0.2) is 17.0 Å². The van der Waals surface area contributed by atoms with E-state index in [1.54, 1.807) is 18.4 Å². The molecule has 5 nitrogen and oxygen atoms in total. The lowest BCUT2D eigenvalue weighted by atomic mass is 9.95. The third-order valence-electron chi connectivity index (χ3n) is 3.50. The van der Waals surface area contributed by atoms with Crippen LogP contribution in [0.25, 0.3) is 0 Å². The molecule has 2 rings (SSSR count). The van der Waals surface area contributed by atoms with Gasteiger partial charge >= 0.3 is 5.97 Å². The summed E-state index contributed by atoms with van der Waals surface area (Å²) in [5.41, 5.74) is 0. The quantitative estimate of drug-likeness (QED) is 0.857. The molecule has 0 bridgehead atoms. The zero-order valence-electron chi connectivity index (χ0n) is 10.3. The molecule has 1 heterocycles. The van der Waals surface area contributed by atoms with Crippen molar-refractivity contribution in [2.75, 3.05) is 0 Å². The summed E-state index contributed by atoms with van der Waals surface area (Å²) in [7, 11) is 0. The number of carboxylic acid groups (broad SMARTS) is 1. The molecule has 3 unspecified atom stereocenters. The molecule has 1 amide bonds. The van der Waals surface area contributed by atoms with Crippen LogP contribution in [0, 0.1) is 11.8 Å². The predicted molar refractivity (Wildman–Crippen MR) is 63.7 cm³/mol. The topological polar surface area (TPSA) is 79.5 Å². The summed E-state index contributed by atoms with van der Waals surface area (Å²) >= 11 is 0. The third kappa shape index (κ3) is 2.55. The van der Waals surface area contributed by atoms with Gasteiger partial charge in [0.1, 0.15) is 5.76 Å². The van der Waals surface area contributed by atoms with Gasteiger partial charge in [0, 0.05) is 0 Å². The van der Waals surface area contributed by atoms with Crippen molar-refractivity contribution in [1.82, 2.24) is 5.32 Å². The fourth-order valence-corrected chi connectivity index (χ4v) is 2.50. The van der Waals surface area contributed by atoms with Crippen molar-refractivity contribution in [3.8, 4) is 0 Å². The third-order valence-corrected chi connectivity index (χ3v) is 3.50. The zero-order valence-corrected chi connectivity index (χ0v) is 10.3. The van der Waals surface area contributed by atoms with Gasteiger partial charge in [-0.3, -0.25) is 9.59 Å². The first kappa shape index (κ1) is 12.7. The Morgan fingerprint density at radius 3 is 2.78 bits per heavy atom.